The number of likely N-dealkylation sites (N-methyl/N-ethyl adjacent to an activating group) is 1. The number of nitrogens with zero attached hydrogens (tertiary/aromatic N) is 5. The highest BCUT2D eigenvalue weighted by atomic mass is 16.5. The molecule has 3 heterocycles. The summed E-state index contributed by atoms with van der Waals surface area (Å²) in [6.45, 7) is 5.36. The third-order valence-electron chi connectivity index (χ3n) is 9.83. The summed E-state index contributed by atoms with van der Waals surface area (Å²) in [7, 11) is 8.14. The highest BCUT2D eigenvalue weighted by Crippen LogP contribution is 2.38. The summed E-state index contributed by atoms with van der Waals surface area (Å²) >= 11 is 0. The first-order chi connectivity index (χ1) is 25.3. The van der Waals surface area contributed by atoms with Gasteiger partial charge in [0.15, 0.2) is 11.5 Å². The van der Waals surface area contributed by atoms with Crippen LogP contribution in [0.3, 0.4) is 0 Å². The molecule has 276 valence electrons. The molecule has 1 aliphatic heterocycles. The van der Waals surface area contributed by atoms with Gasteiger partial charge in [0.05, 0.1) is 46.0 Å². The van der Waals surface area contributed by atoms with Crippen molar-refractivity contribution in [3.8, 4) is 23.0 Å². The van der Waals surface area contributed by atoms with Crippen LogP contribution in [-0.2, 0) is 13.2 Å². The van der Waals surface area contributed by atoms with E-state index in [2.05, 4.69) is 32.6 Å². The number of hydrogen-bond acceptors (Lipinski definition) is 10. The molecule has 2 aromatic heterocycles. The monoisotopic (exact) mass is 711 g/mol. The molecule has 1 N–H and O–H groups in total. The lowest BCUT2D eigenvalue weighted by molar-refractivity contribution is 0.0782. The van der Waals surface area contributed by atoms with E-state index < -0.39 is 0 Å². The van der Waals surface area contributed by atoms with Gasteiger partial charge in [-0.3, -0.25) is 4.79 Å². The number of carbonyl (C=O) groups excluding carboxylic acids is 1. The molecule has 12 nitrogen and oxygen atoms in total. The molecule has 1 unspecified atom stereocenters. The molecule has 3 aromatic carbocycles. The molecule has 1 fully saturated rings. The average molecular weight is 712 g/mol. The average Bonchev–Trinajstić information content (AvgIpc) is 3.72. The fourth-order valence-corrected chi connectivity index (χ4v) is 7.02. The van der Waals surface area contributed by atoms with Crippen molar-refractivity contribution in [3.63, 3.8) is 0 Å². The van der Waals surface area contributed by atoms with E-state index in [1.807, 2.05) is 49.5 Å². The molecular weight excluding hydrogens is 662 g/mol. The van der Waals surface area contributed by atoms with E-state index in [9.17, 15) is 9.90 Å². The molecule has 0 bridgehead atoms. The second-order valence-corrected chi connectivity index (χ2v) is 13.1. The second kappa shape index (κ2) is 16.9. The van der Waals surface area contributed by atoms with Crippen LogP contribution in [-0.4, -0.2) is 105 Å². The smallest absolute Gasteiger partial charge is 0.253 e. The minimum atomic E-state index is -0.131. The minimum Gasteiger partial charge on any atom is -0.497 e. The predicted octanol–water partition coefficient (Wildman–Crippen LogP) is 5.66. The SMILES string of the molecule is COc1ccc(C(CCN2CCCN(c3nc4ccccc4n3Cc3ccc(CO)o3)CC2)CN(C)C(=O)c2cc(OC)c(OC)c(OC)c2)cc1. The number of aliphatic hydroxyl groups excluding tert-OH is 1. The Bertz CT molecular complexity index is 1910. The first-order valence-electron chi connectivity index (χ1n) is 17.7. The minimum absolute atomic E-state index is 0.0857. The van der Waals surface area contributed by atoms with Crippen LogP contribution in [0.25, 0.3) is 11.0 Å². The van der Waals surface area contributed by atoms with E-state index in [-0.39, 0.29) is 18.4 Å². The Hall–Kier alpha value is -5.20. The fourth-order valence-electron chi connectivity index (χ4n) is 7.02. The van der Waals surface area contributed by atoms with Gasteiger partial charge >= 0.3 is 0 Å². The van der Waals surface area contributed by atoms with Gasteiger partial charge in [-0.15, -0.1) is 0 Å². The van der Waals surface area contributed by atoms with Crippen molar-refractivity contribution in [2.75, 3.05) is 79.7 Å². The van der Waals surface area contributed by atoms with Crippen molar-refractivity contribution < 1.29 is 33.3 Å². The summed E-state index contributed by atoms with van der Waals surface area (Å²) in [6, 6.07) is 23.5. The lowest BCUT2D eigenvalue weighted by Gasteiger charge is -2.28. The highest BCUT2D eigenvalue weighted by molar-refractivity contribution is 5.95. The van der Waals surface area contributed by atoms with Crippen molar-refractivity contribution in [1.82, 2.24) is 19.4 Å². The molecule has 1 atom stereocenters. The van der Waals surface area contributed by atoms with E-state index in [1.165, 1.54) is 0 Å². The lowest BCUT2D eigenvalue weighted by atomic mass is 9.94. The Balaban J connectivity index is 1.16. The third-order valence-corrected chi connectivity index (χ3v) is 9.83. The van der Waals surface area contributed by atoms with E-state index >= 15 is 0 Å². The van der Waals surface area contributed by atoms with E-state index in [4.69, 9.17) is 28.3 Å². The quantitative estimate of drug-likeness (QED) is 0.146. The van der Waals surface area contributed by atoms with Crippen molar-refractivity contribution in [1.29, 1.82) is 0 Å². The first-order valence-corrected chi connectivity index (χ1v) is 17.7. The summed E-state index contributed by atoms with van der Waals surface area (Å²) in [5, 5.41) is 9.53. The van der Waals surface area contributed by atoms with Gasteiger partial charge in [0.2, 0.25) is 11.7 Å². The number of benzene rings is 3. The van der Waals surface area contributed by atoms with E-state index in [0.29, 0.717) is 41.7 Å². The number of aromatic nitrogens is 2. The Morgan fingerprint density at radius 1 is 0.885 bits per heavy atom. The van der Waals surface area contributed by atoms with Gasteiger partial charge in [0, 0.05) is 44.7 Å². The third kappa shape index (κ3) is 8.13. The van der Waals surface area contributed by atoms with E-state index in [0.717, 1.165) is 79.6 Å². The lowest BCUT2D eigenvalue weighted by Crippen LogP contribution is -2.35. The Morgan fingerprint density at radius 2 is 1.62 bits per heavy atom. The molecule has 0 aliphatic carbocycles. The van der Waals surface area contributed by atoms with Gasteiger partial charge in [0.1, 0.15) is 23.9 Å². The zero-order valence-electron chi connectivity index (χ0n) is 30.7. The van der Waals surface area contributed by atoms with Crippen molar-refractivity contribution in [2.45, 2.75) is 31.9 Å². The summed E-state index contributed by atoms with van der Waals surface area (Å²) in [4.78, 5) is 25.5. The van der Waals surface area contributed by atoms with Crippen LogP contribution in [0.1, 0.15) is 46.2 Å². The van der Waals surface area contributed by atoms with Crippen LogP contribution >= 0.6 is 0 Å². The molecule has 0 radical (unpaired) electrons. The fraction of sp³-hybridized carbons (Fsp3) is 0.400. The number of rotatable bonds is 15. The van der Waals surface area contributed by atoms with Gasteiger partial charge in [-0.2, -0.15) is 0 Å². The molecule has 1 saturated heterocycles. The summed E-state index contributed by atoms with van der Waals surface area (Å²) in [6.07, 6.45) is 1.86. The number of anilines is 1. The maximum atomic E-state index is 13.8. The maximum Gasteiger partial charge on any atom is 0.253 e. The molecule has 1 amide bonds. The number of furan rings is 1. The highest BCUT2D eigenvalue weighted by Gasteiger charge is 2.25. The van der Waals surface area contributed by atoms with Crippen LogP contribution in [0.5, 0.6) is 23.0 Å². The number of amides is 1. The number of fused-ring (bicyclic) bond motifs is 1. The van der Waals surface area contributed by atoms with Crippen LogP contribution in [0, 0.1) is 0 Å². The van der Waals surface area contributed by atoms with Crippen LogP contribution in [0.2, 0.25) is 0 Å². The topological polar surface area (TPSA) is 115 Å². The number of imidazole rings is 1. The number of methoxy groups -OCH3 is 4. The predicted molar refractivity (Wildman–Crippen MR) is 200 cm³/mol. The summed E-state index contributed by atoms with van der Waals surface area (Å²) in [5.74, 6) is 4.33. The summed E-state index contributed by atoms with van der Waals surface area (Å²) < 4.78 is 30.0. The largest absolute Gasteiger partial charge is 0.497 e. The molecule has 6 rings (SSSR count). The standard InChI is InChI=1S/C40H49N5O7/c1-42(39(47)30-23-36(49-3)38(51-5)37(24-30)50-4)25-29(28-11-13-31(48-2)14-12-28)17-20-43-18-8-19-44(22-21-43)40-41-34-9-6-7-10-35(34)45(40)26-32-15-16-33(27-46)52-32/h6-7,9-16,23-24,29,46H,8,17-22,25-27H2,1-5H3. The Labute approximate surface area is 305 Å². The first kappa shape index (κ1) is 36.6. The molecular formula is C40H49N5O7. The Kier molecular flexibility index (Phi) is 11.9. The molecule has 5 aromatic rings. The second-order valence-electron chi connectivity index (χ2n) is 13.1. The number of hydrogen-bond donors (Lipinski definition) is 1. The normalized spacial score (nSPS) is 14.2. The van der Waals surface area contributed by atoms with Crippen LogP contribution in [0.15, 0.2) is 77.2 Å². The van der Waals surface area contributed by atoms with Crippen LogP contribution in [0.4, 0.5) is 5.95 Å². The number of carbonyl (C=O) groups is 1. The van der Waals surface area contributed by atoms with E-state index in [1.54, 1.807) is 45.5 Å². The van der Waals surface area contributed by atoms with Gasteiger partial charge in [-0.25, -0.2) is 4.98 Å². The number of ether oxygens (including phenoxy) is 4. The van der Waals surface area contributed by atoms with Crippen molar-refractivity contribution >= 4 is 22.9 Å². The number of aliphatic hydroxyl groups is 1. The van der Waals surface area contributed by atoms with Gasteiger partial charge < -0.3 is 47.7 Å². The van der Waals surface area contributed by atoms with Gasteiger partial charge in [-0.05, 0) is 80.0 Å². The molecule has 0 saturated carbocycles. The van der Waals surface area contributed by atoms with Gasteiger partial charge in [0.25, 0.3) is 5.91 Å². The number of para-hydroxylation sites is 2. The molecule has 52 heavy (non-hydrogen) atoms. The Morgan fingerprint density at radius 3 is 2.29 bits per heavy atom. The molecule has 1 aliphatic rings. The molecule has 0 spiro atoms. The molecule has 12 heteroatoms. The maximum absolute atomic E-state index is 13.8. The van der Waals surface area contributed by atoms with Gasteiger partial charge in [-0.1, -0.05) is 24.3 Å². The van der Waals surface area contributed by atoms with Crippen LogP contribution < -0.4 is 23.8 Å². The van der Waals surface area contributed by atoms with Crippen molar-refractivity contribution in [3.05, 3.63) is 95.4 Å². The zero-order valence-corrected chi connectivity index (χ0v) is 30.7. The summed E-state index contributed by atoms with van der Waals surface area (Å²) in [5.41, 5.74) is 3.61. The van der Waals surface area contributed by atoms with Crippen molar-refractivity contribution in [2.24, 2.45) is 0 Å². The zero-order chi connectivity index (χ0) is 36.6.